The zero-order chi connectivity index (χ0) is 8.85. The van der Waals surface area contributed by atoms with Gasteiger partial charge in [-0.1, -0.05) is 5.92 Å². The average Bonchev–Trinajstić information content (AvgIpc) is 1.98. The number of hydrogen-bond acceptors (Lipinski definition) is 2. The first-order valence-corrected chi connectivity index (χ1v) is 3.72. The SMILES string of the molecule is C#CC(C)N(CC#N)C(C)C. The summed E-state index contributed by atoms with van der Waals surface area (Å²) in [6, 6.07) is 2.48. The third-order valence-electron chi connectivity index (χ3n) is 1.66. The molecule has 11 heavy (non-hydrogen) atoms. The molecule has 0 aliphatic rings. The van der Waals surface area contributed by atoms with E-state index in [2.05, 4.69) is 12.0 Å². The largest absolute Gasteiger partial charge is 0.274 e. The molecule has 0 heterocycles. The second-order valence-electron chi connectivity index (χ2n) is 2.77. The predicted molar refractivity (Wildman–Crippen MR) is 45.8 cm³/mol. The predicted octanol–water partition coefficient (Wildman–Crippen LogP) is 1.24. The Labute approximate surface area is 68.8 Å². The zero-order valence-corrected chi connectivity index (χ0v) is 7.33. The minimum Gasteiger partial charge on any atom is -0.274 e. The first kappa shape index (κ1) is 10.0. The summed E-state index contributed by atoms with van der Waals surface area (Å²) in [5.74, 6) is 2.61. The third-order valence-corrected chi connectivity index (χ3v) is 1.66. The third kappa shape index (κ3) is 3.07. The Hall–Kier alpha value is -0.990. The van der Waals surface area contributed by atoms with E-state index in [-0.39, 0.29) is 6.04 Å². The van der Waals surface area contributed by atoms with Crippen LogP contribution in [0.4, 0.5) is 0 Å². The molecule has 60 valence electrons. The van der Waals surface area contributed by atoms with E-state index in [4.69, 9.17) is 11.7 Å². The van der Waals surface area contributed by atoms with Gasteiger partial charge in [0.15, 0.2) is 0 Å². The molecule has 1 unspecified atom stereocenters. The van der Waals surface area contributed by atoms with E-state index in [0.717, 1.165) is 0 Å². The molecule has 0 aromatic heterocycles. The molecular formula is C9H14N2. The highest BCUT2D eigenvalue weighted by Crippen LogP contribution is 2.02. The van der Waals surface area contributed by atoms with E-state index < -0.39 is 0 Å². The van der Waals surface area contributed by atoms with E-state index in [1.165, 1.54) is 0 Å². The number of nitriles is 1. The van der Waals surface area contributed by atoms with Crippen LogP contribution in [0.3, 0.4) is 0 Å². The Kier molecular flexibility index (Phi) is 4.34. The molecule has 0 aliphatic heterocycles. The fraction of sp³-hybridized carbons (Fsp3) is 0.667. The quantitative estimate of drug-likeness (QED) is 0.447. The van der Waals surface area contributed by atoms with Gasteiger partial charge in [-0.15, -0.1) is 6.42 Å². The lowest BCUT2D eigenvalue weighted by molar-refractivity contribution is 0.223. The number of terminal acetylenes is 1. The van der Waals surface area contributed by atoms with Crippen LogP contribution in [-0.4, -0.2) is 23.5 Å². The smallest absolute Gasteiger partial charge is 0.0877 e. The van der Waals surface area contributed by atoms with Gasteiger partial charge >= 0.3 is 0 Å². The molecule has 0 aromatic carbocycles. The molecule has 0 spiro atoms. The van der Waals surface area contributed by atoms with Gasteiger partial charge in [-0.05, 0) is 20.8 Å². The molecule has 0 saturated carbocycles. The second-order valence-corrected chi connectivity index (χ2v) is 2.77. The monoisotopic (exact) mass is 150 g/mol. The topological polar surface area (TPSA) is 27.0 Å². The standard InChI is InChI=1S/C9H14N2/c1-5-9(4)11(7-6-10)8(2)3/h1,8-9H,7H2,2-4H3. The molecular weight excluding hydrogens is 136 g/mol. The Morgan fingerprint density at radius 2 is 2.00 bits per heavy atom. The van der Waals surface area contributed by atoms with Crippen molar-refractivity contribution in [2.24, 2.45) is 0 Å². The minimum atomic E-state index is 0.0506. The zero-order valence-electron chi connectivity index (χ0n) is 7.33. The number of rotatable bonds is 3. The Morgan fingerprint density at radius 1 is 1.45 bits per heavy atom. The van der Waals surface area contributed by atoms with Crippen LogP contribution in [0, 0.1) is 23.7 Å². The molecule has 2 heteroatoms. The van der Waals surface area contributed by atoms with Gasteiger partial charge < -0.3 is 0 Å². The van der Waals surface area contributed by atoms with Crippen molar-refractivity contribution in [3.8, 4) is 18.4 Å². The molecule has 0 aromatic rings. The van der Waals surface area contributed by atoms with Crippen LogP contribution in [0.1, 0.15) is 20.8 Å². The van der Waals surface area contributed by atoms with Gasteiger partial charge in [0.25, 0.3) is 0 Å². The van der Waals surface area contributed by atoms with Crippen molar-refractivity contribution < 1.29 is 0 Å². The van der Waals surface area contributed by atoms with Crippen molar-refractivity contribution in [3.63, 3.8) is 0 Å². The van der Waals surface area contributed by atoms with Gasteiger partial charge in [0.1, 0.15) is 0 Å². The van der Waals surface area contributed by atoms with Gasteiger partial charge in [0.2, 0.25) is 0 Å². The highest BCUT2D eigenvalue weighted by Gasteiger charge is 2.13. The summed E-state index contributed by atoms with van der Waals surface area (Å²) in [6.07, 6.45) is 5.24. The van der Waals surface area contributed by atoms with E-state index >= 15 is 0 Å². The van der Waals surface area contributed by atoms with Crippen LogP contribution in [0.15, 0.2) is 0 Å². The Balaban J connectivity index is 4.14. The summed E-state index contributed by atoms with van der Waals surface area (Å²) < 4.78 is 0. The average molecular weight is 150 g/mol. The van der Waals surface area contributed by atoms with Crippen LogP contribution >= 0.6 is 0 Å². The lowest BCUT2D eigenvalue weighted by Crippen LogP contribution is -2.38. The highest BCUT2D eigenvalue weighted by molar-refractivity contribution is 4.99. The van der Waals surface area contributed by atoms with Crippen molar-refractivity contribution in [1.29, 1.82) is 5.26 Å². The molecule has 0 saturated heterocycles. The van der Waals surface area contributed by atoms with Crippen LogP contribution in [0.5, 0.6) is 0 Å². The van der Waals surface area contributed by atoms with Crippen molar-refractivity contribution in [2.75, 3.05) is 6.54 Å². The maximum atomic E-state index is 8.47. The van der Waals surface area contributed by atoms with Crippen LogP contribution in [0.25, 0.3) is 0 Å². The molecule has 0 bridgehead atoms. The minimum absolute atomic E-state index is 0.0506. The molecule has 0 fully saturated rings. The molecule has 0 radical (unpaired) electrons. The summed E-state index contributed by atoms with van der Waals surface area (Å²) in [5.41, 5.74) is 0. The normalized spacial score (nSPS) is 12.6. The summed E-state index contributed by atoms with van der Waals surface area (Å²) in [6.45, 7) is 6.40. The van der Waals surface area contributed by atoms with Gasteiger partial charge in [0, 0.05) is 6.04 Å². The first-order valence-electron chi connectivity index (χ1n) is 3.72. The fourth-order valence-corrected chi connectivity index (χ4v) is 0.944. The maximum absolute atomic E-state index is 8.47. The van der Waals surface area contributed by atoms with Crippen molar-refractivity contribution in [2.45, 2.75) is 32.9 Å². The molecule has 0 amide bonds. The molecule has 0 aliphatic carbocycles. The van der Waals surface area contributed by atoms with E-state index in [9.17, 15) is 0 Å². The molecule has 2 nitrogen and oxygen atoms in total. The summed E-state index contributed by atoms with van der Waals surface area (Å²) >= 11 is 0. The first-order chi connectivity index (χ1) is 5.13. The van der Waals surface area contributed by atoms with Crippen molar-refractivity contribution in [3.05, 3.63) is 0 Å². The number of hydrogen-bond donors (Lipinski definition) is 0. The molecule has 0 rings (SSSR count). The van der Waals surface area contributed by atoms with Gasteiger partial charge in [0.05, 0.1) is 18.7 Å². The summed E-state index contributed by atoms with van der Waals surface area (Å²) in [5, 5.41) is 8.47. The molecule has 0 N–H and O–H groups in total. The summed E-state index contributed by atoms with van der Waals surface area (Å²) in [7, 11) is 0. The van der Waals surface area contributed by atoms with Crippen LogP contribution in [-0.2, 0) is 0 Å². The van der Waals surface area contributed by atoms with Crippen molar-refractivity contribution in [1.82, 2.24) is 4.90 Å². The fourth-order valence-electron chi connectivity index (χ4n) is 0.944. The highest BCUT2D eigenvalue weighted by atomic mass is 15.2. The Bertz CT molecular complexity index is 183. The van der Waals surface area contributed by atoms with Crippen molar-refractivity contribution >= 4 is 0 Å². The van der Waals surface area contributed by atoms with Gasteiger partial charge in [-0.2, -0.15) is 5.26 Å². The van der Waals surface area contributed by atoms with E-state index in [0.29, 0.717) is 12.6 Å². The maximum Gasteiger partial charge on any atom is 0.0877 e. The Morgan fingerprint density at radius 3 is 2.27 bits per heavy atom. The van der Waals surface area contributed by atoms with E-state index in [1.54, 1.807) is 0 Å². The van der Waals surface area contributed by atoms with Gasteiger partial charge in [-0.25, -0.2) is 0 Å². The number of nitrogens with zero attached hydrogens (tertiary/aromatic N) is 2. The molecule has 1 atom stereocenters. The lowest BCUT2D eigenvalue weighted by atomic mass is 10.2. The van der Waals surface area contributed by atoms with Crippen LogP contribution in [0.2, 0.25) is 0 Å². The van der Waals surface area contributed by atoms with Crippen LogP contribution < -0.4 is 0 Å². The second kappa shape index (κ2) is 4.77. The lowest BCUT2D eigenvalue weighted by Gasteiger charge is -2.26. The van der Waals surface area contributed by atoms with E-state index in [1.807, 2.05) is 25.7 Å². The summed E-state index contributed by atoms with van der Waals surface area (Å²) in [4.78, 5) is 1.97. The van der Waals surface area contributed by atoms with Gasteiger partial charge in [-0.3, -0.25) is 4.90 Å².